The highest BCUT2D eigenvalue weighted by Crippen LogP contribution is 2.19. The number of guanidine groups is 1. The predicted octanol–water partition coefficient (Wildman–Crippen LogP) is 3.22. The topological polar surface area (TPSA) is 63.2 Å². The summed E-state index contributed by atoms with van der Waals surface area (Å²) in [5, 5.41) is 3.37. The molecule has 0 radical (unpaired) electrons. The average molecular weight is 376 g/mol. The quantitative estimate of drug-likeness (QED) is 0.429. The number of carbonyl (C=O) groups excluding carboxylic acids is 1. The largest absolute Gasteiger partial charge is 0.494 e. The van der Waals surface area contributed by atoms with Crippen LogP contribution < -0.4 is 10.1 Å². The van der Waals surface area contributed by atoms with E-state index in [4.69, 9.17) is 14.5 Å². The fraction of sp³-hybridized carbons (Fsp3) is 0.619. The first-order valence-electron chi connectivity index (χ1n) is 10.1. The van der Waals surface area contributed by atoms with Crippen molar-refractivity contribution in [3.63, 3.8) is 0 Å². The second-order valence-electron chi connectivity index (χ2n) is 6.68. The Morgan fingerprint density at radius 3 is 2.70 bits per heavy atom. The third kappa shape index (κ3) is 6.77. The van der Waals surface area contributed by atoms with E-state index in [1.165, 1.54) is 0 Å². The minimum absolute atomic E-state index is 0.0106. The number of likely N-dealkylation sites (tertiary alicyclic amines) is 1. The van der Waals surface area contributed by atoms with E-state index in [1.807, 2.05) is 19.1 Å². The molecule has 0 spiro atoms. The second kappa shape index (κ2) is 11.5. The van der Waals surface area contributed by atoms with Crippen molar-refractivity contribution in [2.75, 3.05) is 32.8 Å². The SMILES string of the molecule is CCCOc1cccc(CN=C(NCC)N2CCC(C(=O)OCC)CC2)c1. The van der Waals surface area contributed by atoms with Crippen molar-refractivity contribution in [1.82, 2.24) is 10.2 Å². The minimum atomic E-state index is -0.0667. The van der Waals surface area contributed by atoms with Crippen LogP contribution in [-0.2, 0) is 16.1 Å². The van der Waals surface area contributed by atoms with Crippen LogP contribution in [-0.4, -0.2) is 49.7 Å². The fourth-order valence-electron chi connectivity index (χ4n) is 3.13. The molecule has 6 heteroatoms. The maximum Gasteiger partial charge on any atom is 0.309 e. The average Bonchev–Trinajstić information content (AvgIpc) is 2.70. The van der Waals surface area contributed by atoms with E-state index in [0.717, 1.165) is 62.8 Å². The number of hydrogen-bond acceptors (Lipinski definition) is 4. The Hall–Kier alpha value is -2.24. The maximum atomic E-state index is 11.9. The van der Waals surface area contributed by atoms with Crippen LogP contribution >= 0.6 is 0 Å². The summed E-state index contributed by atoms with van der Waals surface area (Å²) in [6, 6.07) is 8.11. The summed E-state index contributed by atoms with van der Waals surface area (Å²) < 4.78 is 10.9. The standard InChI is InChI=1S/C21H33N3O3/c1-4-14-27-19-9-7-8-17(15-19)16-23-21(22-5-2)24-12-10-18(11-13-24)20(25)26-6-3/h7-9,15,18H,4-6,10-14,16H2,1-3H3,(H,22,23). The van der Waals surface area contributed by atoms with Gasteiger partial charge in [-0.1, -0.05) is 19.1 Å². The second-order valence-corrected chi connectivity index (χ2v) is 6.68. The van der Waals surface area contributed by atoms with Crippen LogP contribution in [0.3, 0.4) is 0 Å². The van der Waals surface area contributed by atoms with Gasteiger partial charge in [-0.25, -0.2) is 4.99 Å². The third-order valence-corrected chi connectivity index (χ3v) is 4.53. The van der Waals surface area contributed by atoms with Crippen LogP contribution in [0.25, 0.3) is 0 Å². The molecular formula is C21H33N3O3. The van der Waals surface area contributed by atoms with Gasteiger partial charge in [0.05, 0.1) is 25.7 Å². The highest BCUT2D eigenvalue weighted by Gasteiger charge is 2.27. The van der Waals surface area contributed by atoms with Crippen molar-refractivity contribution >= 4 is 11.9 Å². The molecule has 6 nitrogen and oxygen atoms in total. The summed E-state index contributed by atoms with van der Waals surface area (Å²) in [7, 11) is 0. The van der Waals surface area contributed by atoms with Crippen molar-refractivity contribution in [2.24, 2.45) is 10.9 Å². The molecule has 0 aliphatic carbocycles. The first-order chi connectivity index (χ1) is 13.2. The van der Waals surface area contributed by atoms with Crippen LogP contribution in [0.5, 0.6) is 5.75 Å². The van der Waals surface area contributed by atoms with Gasteiger partial charge in [-0.2, -0.15) is 0 Å². The Morgan fingerprint density at radius 1 is 1.26 bits per heavy atom. The molecule has 1 aliphatic heterocycles. The first-order valence-corrected chi connectivity index (χ1v) is 10.1. The Labute approximate surface area is 162 Å². The molecule has 1 fully saturated rings. The Morgan fingerprint density at radius 2 is 2.04 bits per heavy atom. The van der Waals surface area contributed by atoms with Gasteiger partial charge in [0.2, 0.25) is 0 Å². The number of ether oxygens (including phenoxy) is 2. The lowest BCUT2D eigenvalue weighted by Gasteiger charge is -2.33. The molecule has 1 saturated heterocycles. The zero-order valence-electron chi connectivity index (χ0n) is 16.9. The van der Waals surface area contributed by atoms with Gasteiger partial charge in [0.25, 0.3) is 0 Å². The zero-order valence-corrected chi connectivity index (χ0v) is 16.9. The number of esters is 1. The Kier molecular flexibility index (Phi) is 8.95. The third-order valence-electron chi connectivity index (χ3n) is 4.53. The van der Waals surface area contributed by atoms with Crippen molar-refractivity contribution in [3.05, 3.63) is 29.8 Å². The van der Waals surface area contributed by atoms with E-state index in [0.29, 0.717) is 13.2 Å². The molecule has 2 rings (SSSR count). The van der Waals surface area contributed by atoms with Gasteiger partial charge in [0.1, 0.15) is 5.75 Å². The molecule has 1 aromatic rings. The van der Waals surface area contributed by atoms with Crippen LogP contribution in [0.15, 0.2) is 29.3 Å². The lowest BCUT2D eigenvalue weighted by Crippen LogP contribution is -2.46. The summed E-state index contributed by atoms with van der Waals surface area (Å²) >= 11 is 0. The molecule has 0 atom stereocenters. The molecule has 1 N–H and O–H groups in total. The molecule has 1 aromatic carbocycles. The maximum absolute atomic E-state index is 11.9. The highest BCUT2D eigenvalue weighted by molar-refractivity contribution is 5.80. The molecule has 1 aliphatic rings. The highest BCUT2D eigenvalue weighted by atomic mass is 16.5. The van der Waals surface area contributed by atoms with Gasteiger partial charge in [0, 0.05) is 19.6 Å². The predicted molar refractivity (Wildman–Crippen MR) is 108 cm³/mol. The molecule has 0 bridgehead atoms. The van der Waals surface area contributed by atoms with Gasteiger partial charge in [0.15, 0.2) is 5.96 Å². The van der Waals surface area contributed by atoms with Crippen molar-refractivity contribution < 1.29 is 14.3 Å². The molecular weight excluding hydrogens is 342 g/mol. The Balaban J connectivity index is 1.95. The van der Waals surface area contributed by atoms with E-state index in [2.05, 4.69) is 36.2 Å². The number of aliphatic imine (C=N–C) groups is 1. The number of benzene rings is 1. The molecule has 0 unspecified atom stereocenters. The van der Waals surface area contributed by atoms with Crippen LogP contribution in [0, 0.1) is 5.92 Å². The number of rotatable bonds is 8. The molecule has 0 amide bonds. The number of piperidine rings is 1. The van der Waals surface area contributed by atoms with E-state index in [1.54, 1.807) is 0 Å². The zero-order chi connectivity index (χ0) is 19.5. The summed E-state index contributed by atoms with van der Waals surface area (Å²) in [5.41, 5.74) is 1.13. The van der Waals surface area contributed by atoms with E-state index in [-0.39, 0.29) is 11.9 Å². The Bertz CT molecular complexity index is 610. The summed E-state index contributed by atoms with van der Waals surface area (Å²) in [6.07, 6.45) is 2.61. The van der Waals surface area contributed by atoms with Gasteiger partial charge in [-0.15, -0.1) is 0 Å². The number of carbonyl (C=O) groups is 1. The monoisotopic (exact) mass is 375 g/mol. The van der Waals surface area contributed by atoms with Gasteiger partial charge in [-0.05, 0) is 50.8 Å². The van der Waals surface area contributed by atoms with E-state index < -0.39 is 0 Å². The minimum Gasteiger partial charge on any atom is -0.494 e. The number of hydrogen-bond donors (Lipinski definition) is 1. The van der Waals surface area contributed by atoms with Gasteiger partial charge >= 0.3 is 5.97 Å². The van der Waals surface area contributed by atoms with E-state index >= 15 is 0 Å². The van der Waals surface area contributed by atoms with Gasteiger partial charge < -0.3 is 19.7 Å². The van der Waals surface area contributed by atoms with Crippen molar-refractivity contribution in [1.29, 1.82) is 0 Å². The lowest BCUT2D eigenvalue weighted by atomic mass is 9.97. The molecule has 0 saturated carbocycles. The summed E-state index contributed by atoms with van der Waals surface area (Å²) in [4.78, 5) is 18.9. The van der Waals surface area contributed by atoms with E-state index in [9.17, 15) is 4.79 Å². The smallest absolute Gasteiger partial charge is 0.309 e. The number of nitrogens with zero attached hydrogens (tertiary/aromatic N) is 2. The summed E-state index contributed by atoms with van der Waals surface area (Å²) in [6.45, 7) is 10.2. The lowest BCUT2D eigenvalue weighted by molar-refractivity contribution is -0.149. The molecule has 1 heterocycles. The van der Waals surface area contributed by atoms with Crippen LogP contribution in [0.1, 0.15) is 45.6 Å². The normalized spacial score (nSPS) is 15.5. The summed E-state index contributed by atoms with van der Waals surface area (Å²) in [5.74, 6) is 1.74. The first kappa shape index (κ1) is 21.1. The molecule has 27 heavy (non-hydrogen) atoms. The van der Waals surface area contributed by atoms with Crippen LogP contribution in [0.4, 0.5) is 0 Å². The molecule has 150 valence electrons. The van der Waals surface area contributed by atoms with Crippen molar-refractivity contribution in [2.45, 2.75) is 46.6 Å². The number of nitrogens with one attached hydrogen (secondary N) is 1. The van der Waals surface area contributed by atoms with Crippen molar-refractivity contribution in [3.8, 4) is 5.75 Å². The fourth-order valence-corrected chi connectivity index (χ4v) is 3.13. The van der Waals surface area contributed by atoms with Gasteiger partial charge in [-0.3, -0.25) is 4.79 Å². The molecule has 0 aromatic heterocycles. The van der Waals surface area contributed by atoms with Crippen LogP contribution in [0.2, 0.25) is 0 Å².